The van der Waals surface area contributed by atoms with Crippen LogP contribution < -0.4 is 0 Å². The number of hydrogen-bond donors (Lipinski definition) is 0. The molecule has 1 heterocycles. The molecule has 0 spiro atoms. The number of halogens is 4. The lowest BCUT2D eigenvalue weighted by Gasteiger charge is -2.16. The maximum Gasteiger partial charge on any atom is 0.389 e. The molecule has 1 rings (SSSR count). The van der Waals surface area contributed by atoms with Gasteiger partial charge in [0.1, 0.15) is 6.54 Å². The monoisotopic (exact) mass is 377 g/mol. The zero-order chi connectivity index (χ0) is 17.2. The van der Waals surface area contributed by atoms with Crippen molar-refractivity contribution < 1.29 is 13.2 Å². The van der Waals surface area contributed by atoms with E-state index in [1.807, 2.05) is 20.8 Å². The van der Waals surface area contributed by atoms with Crippen LogP contribution in [0.1, 0.15) is 39.4 Å². The first-order chi connectivity index (χ1) is 9.92. The standard InChI is InChI=1S/C13H15BrF3N5/c1-11(2,3)9-20-10(14)22(21-9)8-12(7-18,19-4)5-6-13(15,16)17/h5-6,8H2,1-3H3. The summed E-state index contributed by atoms with van der Waals surface area (Å²) < 4.78 is 38.7. The first-order valence-electron chi connectivity index (χ1n) is 6.40. The average molecular weight is 378 g/mol. The van der Waals surface area contributed by atoms with Gasteiger partial charge in [0.05, 0.1) is 12.8 Å². The summed E-state index contributed by atoms with van der Waals surface area (Å²) >= 11 is 3.17. The summed E-state index contributed by atoms with van der Waals surface area (Å²) in [6, 6.07) is 1.70. The predicted octanol–water partition coefficient (Wildman–Crippen LogP) is 3.86. The van der Waals surface area contributed by atoms with Crippen molar-refractivity contribution in [2.75, 3.05) is 0 Å². The molecule has 5 nitrogen and oxygen atoms in total. The third-order valence-corrected chi connectivity index (χ3v) is 3.54. The minimum Gasteiger partial charge on any atom is -0.292 e. The van der Waals surface area contributed by atoms with E-state index < -0.39 is 24.6 Å². The highest BCUT2D eigenvalue weighted by molar-refractivity contribution is 9.10. The Labute approximate surface area is 135 Å². The van der Waals surface area contributed by atoms with Gasteiger partial charge >= 0.3 is 11.7 Å². The Morgan fingerprint density at radius 2 is 1.91 bits per heavy atom. The highest BCUT2D eigenvalue weighted by Crippen LogP contribution is 2.30. The molecule has 0 aliphatic rings. The van der Waals surface area contributed by atoms with E-state index in [0.29, 0.717) is 5.82 Å². The van der Waals surface area contributed by atoms with E-state index >= 15 is 0 Å². The van der Waals surface area contributed by atoms with Gasteiger partial charge in [0.15, 0.2) is 16.6 Å². The van der Waals surface area contributed by atoms with E-state index in [4.69, 9.17) is 6.57 Å². The van der Waals surface area contributed by atoms with Crippen molar-refractivity contribution in [3.05, 3.63) is 22.0 Å². The molecule has 1 unspecified atom stereocenters. The number of aromatic nitrogens is 3. The summed E-state index contributed by atoms with van der Waals surface area (Å²) in [6.07, 6.45) is -6.21. The summed E-state index contributed by atoms with van der Waals surface area (Å²) in [7, 11) is 0. The van der Waals surface area contributed by atoms with Gasteiger partial charge in [-0.15, -0.1) is 0 Å². The van der Waals surface area contributed by atoms with Crippen molar-refractivity contribution in [3.63, 3.8) is 0 Å². The fraction of sp³-hybridized carbons (Fsp3) is 0.692. The highest BCUT2D eigenvalue weighted by atomic mass is 79.9. The molecule has 0 bridgehead atoms. The van der Waals surface area contributed by atoms with E-state index in [2.05, 4.69) is 30.9 Å². The van der Waals surface area contributed by atoms with Gasteiger partial charge in [-0.3, -0.25) is 4.85 Å². The largest absolute Gasteiger partial charge is 0.389 e. The van der Waals surface area contributed by atoms with Crippen LogP contribution in [0.2, 0.25) is 0 Å². The Balaban J connectivity index is 3.05. The third kappa shape index (κ3) is 4.70. The van der Waals surface area contributed by atoms with Crippen molar-refractivity contribution in [2.45, 2.75) is 57.3 Å². The Kier molecular flexibility index (Phi) is 5.24. The van der Waals surface area contributed by atoms with Gasteiger partial charge in [-0.1, -0.05) is 20.8 Å². The van der Waals surface area contributed by atoms with Crippen molar-refractivity contribution in [3.8, 4) is 6.07 Å². The summed E-state index contributed by atoms with van der Waals surface area (Å²) in [4.78, 5) is 7.31. The summed E-state index contributed by atoms with van der Waals surface area (Å²) in [5.74, 6) is 0.479. The van der Waals surface area contributed by atoms with E-state index in [0.717, 1.165) is 0 Å². The number of nitrogens with zero attached hydrogens (tertiary/aromatic N) is 5. The lowest BCUT2D eigenvalue weighted by molar-refractivity contribution is -0.137. The maximum absolute atomic E-state index is 12.4. The van der Waals surface area contributed by atoms with E-state index in [-0.39, 0.29) is 16.7 Å². The number of alkyl halides is 3. The second kappa shape index (κ2) is 6.25. The molecule has 0 fully saturated rings. The van der Waals surface area contributed by atoms with Crippen molar-refractivity contribution in [1.29, 1.82) is 5.26 Å². The Morgan fingerprint density at radius 1 is 1.32 bits per heavy atom. The second-order valence-corrected chi connectivity index (χ2v) is 6.69. The molecule has 1 aromatic heterocycles. The molecule has 9 heteroatoms. The second-order valence-electron chi connectivity index (χ2n) is 5.98. The van der Waals surface area contributed by atoms with Gasteiger partial charge in [0.25, 0.3) is 0 Å². The number of hydrogen-bond acceptors (Lipinski definition) is 3. The fourth-order valence-electron chi connectivity index (χ4n) is 1.62. The molecular weight excluding hydrogens is 363 g/mol. The Bertz CT molecular complexity index is 602. The van der Waals surface area contributed by atoms with Crippen LogP contribution in [0.15, 0.2) is 4.73 Å². The topological polar surface area (TPSA) is 58.9 Å². The lowest BCUT2D eigenvalue weighted by Crippen LogP contribution is -2.31. The van der Waals surface area contributed by atoms with E-state index in [1.165, 1.54) is 4.68 Å². The highest BCUT2D eigenvalue weighted by Gasteiger charge is 2.43. The SMILES string of the molecule is [C-]#[N+]C(C#N)(CCC(F)(F)F)Cn1nc(C(C)(C)C)nc1Br. The minimum absolute atomic E-state index is 0.271. The van der Waals surface area contributed by atoms with Gasteiger partial charge in [-0.05, 0) is 15.9 Å². The molecule has 0 saturated heterocycles. The third-order valence-electron chi connectivity index (χ3n) is 2.95. The molecular formula is C13H15BrF3N5. The van der Waals surface area contributed by atoms with Crippen LogP contribution in [0.5, 0.6) is 0 Å². The maximum atomic E-state index is 12.4. The first-order valence-corrected chi connectivity index (χ1v) is 7.19. The predicted molar refractivity (Wildman–Crippen MR) is 76.7 cm³/mol. The van der Waals surface area contributed by atoms with Crippen LogP contribution >= 0.6 is 15.9 Å². The van der Waals surface area contributed by atoms with Crippen molar-refractivity contribution in [1.82, 2.24) is 14.8 Å². The smallest absolute Gasteiger partial charge is 0.292 e. The van der Waals surface area contributed by atoms with Crippen LogP contribution in [0, 0.1) is 17.9 Å². The normalized spacial score (nSPS) is 15.0. The van der Waals surface area contributed by atoms with Crippen LogP contribution in [-0.4, -0.2) is 26.5 Å². The molecule has 22 heavy (non-hydrogen) atoms. The van der Waals surface area contributed by atoms with E-state index in [9.17, 15) is 18.4 Å². The lowest BCUT2D eigenvalue weighted by atomic mass is 9.96. The van der Waals surface area contributed by atoms with Gasteiger partial charge < -0.3 is 0 Å². The zero-order valence-electron chi connectivity index (χ0n) is 12.4. The Hall–Kier alpha value is -1.61. The minimum atomic E-state index is -4.41. The Morgan fingerprint density at radius 3 is 2.27 bits per heavy atom. The first kappa shape index (κ1) is 18.4. The molecule has 0 aromatic carbocycles. The molecule has 120 valence electrons. The van der Waals surface area contributed by atoms with Crippen LogP contribution in [-0.2, 0) is 12.0 Å². The van der Waals surface area contributed by atoms with Crippen LogP contribution in [0.4, 0.5) is 13.2 Å². The molecule has 1 atom stereocenters. The molecule has 0 aliphatic carbocycles. The summed E-state index contributed by atoms with van der Waals surface area (Å²) in [5, 5.41) is 13.4. The zero-order valence-corrected chi connectivity index (χ0v) is 14.0. The van der Waals surface area contributed by atoms with Crippen LogP contribution in [0.3, 0.4) is 0 Å². The van der Waals surface area contributed by atoms with Gasteiger partial charge in [-0.2, -0.15) is 23.5 Å². The van der Waals surface area contributed by atoms with Gasteiger partial charge in [0, 0.05) is 5.41 Å². The van der Waals surface area contributed by atoms with Crippen LogP contribution in [0.25, 0.3) is 4.85 Å². The quantitative estimate of drug-likeness (QED) is 0.748. The molecule has 0 radical (unpaired) electrons. The van der Waals surface area contributed by atoms with Gasteiger partial charge in [-0.25, -0.2) is 16.2 Å². The molecule has 1 aromatic rings. The molecule has 0 aliphatic heterocycles. The number of nitriles is 1. The summed E-state index contributed by atoms with van der Waals surface area (Å²) in [5.41, 5.74) is -2.17. The average Bonchev–Trinajstić information content (AvgIpc) is 2.75. The fourth-order valence-corrected chi connectivity index (χ4v) is 2.00. The van der Waals surface area contributed by atoms with Crippen molar-refractivity contribution in [2.24, 2.45) is 0 Å². The van der Waals surface area contributed by atoms with Gasteiger partial charge in [0.2, 0.25) is 0 Å². The number of rotatable bonds is 4. The van der Waals surface area contributed by atoms with E-state index in [1.54, 1.807) is 6.07 Å². The van der Waals surface area contributed by atoms with Crippen molar-refractivity contribution >= 4 is 15.9 Å². The molecule has 0 saturated carbocycles. The molecule has 0 amide bonds. The molecule has 0 N–H and O–H groups in total. The summed E-state index contributed by atoms with van der Waals surface area (Å²) in [6.45, 7) is 12.5.